The van der Waals surface area contributed by atoms with Crippen molar-refractivity contribution < 1.29 is 4.79 Å². The summed E-state index contributed by atoms with van der Waals surface area (Å²) in [7, 11) is 0. The SMILES string of the molecule is Cc1cc2nc(Cc3c(Cl)ccc(C=O)c3Cl)c(C)n2nc1Cl. The number of aldehydes is 1. The number of carbonyl (C=O) groups is 1. The number of aryl methyl sites for hydroxylation is 2. The van der Waals surface area contributed by atoms with Crippen molar-refractivity contribution in [2.45, 2.75) is 20.3 Å². The Balaban J connectivity index is 2.13. The van der Waals surface area contributed by atoms with Crippen LogP contribution in [0.1, 0.15) is 32.9 Å². The van der Waals surface area contributed by atoms with Crippen molar-refractivity contribution in [1.82, 2.24) is 14.6 Å². The van der Waals surface area contributed by atoms with E-state index in [1.165, 1.54) is 0 Å². The van der Waals surface area contributed by atoms with Gasteiger partial charge in [0.05, 0.1) is 16.4 Å². The molecular formula is C16H12Cl3N3O. The second-order valence-corrected chi connectivity index (χ2v) is 6.40. The summed E-state index contributed by atoms with van der Waals surface area (Å²) < 4.78 is 1.69. The number of benzene rings is 1. The lowest BCUT2D eigenvalue weighted by molar-refractivity contribution is 0.112. The molecule has 0 radical (unpaired) electrons. The Bertz CT molecular complexity index is 934. The van der Waals surface area contributed by atoms with Crippen LogP contribution in [0.5, 0.6) is 0 Å². The molecule has 3 rings (SSSR count). The highest BCUT2D eigenvalue weighted by molar-refractivity contribution is 6.37. The van der Waals surface area contributed by atoms with Gasteiger partial charge in [-0.15, -0.1) is 0 Å². The van der Waals surface area contributed by atoms with Gasteiger partial charge in [0.2, 0.25) is 0 Å². The Labute approximate surface area is 148 Å². The summed E-state index contributed by atoms with van der Waals surface area (Å²) in [5, 5.41) is 5.60. The topological polar surface area (TPSA) is 47.3 Å². The lowest BCUT2D eigenvalue weighted by Crippen LogP contribution is -1.99. The van der Waals surface area contributed by atoms with Crippen LogP contribution in [-0.2, 0) is 6.42 Å². The van der Waals surface area contributed by atoms with E-state index in [9.17, 15) is 4.79 Å². The third-order valence-electron chi connectivity index (χ3n) is 3.75. The molecule has 0 aliphatic heterocycles. The van der Waals surface area contributed by atoms with E-state index >= 15 is 0 Å². The lowest BCUT2D eigenvalue weighted by Gasteiger charge is -2.08. The Morgan fingerprint density at radius 3 is 2.65 bits per heavy atom. The number of imidazole rings is 1. The summed E-state index contributed by atoms with van der Waals surface area (Å²) in [6.07, 6.45) is 1.12. The molecule has 1 aromatic carbocycles. The maximum Gasteiger partial charge on any atom is 0.154 e. The van der Waals surface area contributed by atoms with Crippen LogP contribution in [0.3, 0.4) is 0 Å². The first-order valence-electron chi connectivity index (χ1n) is 6.85. The van der Waals surface area contributed by atoms with Gasteiger partial charge in [-0.1, -0.05) is 34.8 Å². The van der Waals surface area contributed by atoms with E-state index in [0.717, 1.165) is 17.0 Å². The highest BCUT2D eigenvalue weighted by atomic mass is 35.5. The molecule has 118 valence electrons. The lowest BCUT2D eigenvalue weighted by atomic mass is 10.1. The largest absolute Gasteiger partial charge is 0.298 e. The van der Waals surface area contributed by atoms with E-state index in [0.29, 0.717) is 44.7 Å². The number of halogens is 3. The van der Waals surface area contributed by atoms with E-state index in [4.69, 9.17) is 34.8 Å². The predicted molar refractivity (Wildman–Crippen MR) is 92.1 cm³/mol. The standard InChI is InChI=1S/C16H12Cl3N3O/c1-8-5-14-20-13(9(2)22(14)21-16(8)19)6-11-12(17)4-3-10(7-23)15(11)18/h3-5,7H,6H2,1-2H3. The van der Waals surface area contributed by atoms with Gasteiger partial charge in [0.15, 0.2) is 17.1 Å². The van der Waals surface area contributed by atoms with Crippen molar-refractivity contribution in [3.05, 3.63) is 61.5 Å². The zero-order valence-corrected chi connectivity index (χ0v) is 14.7. The summed E-state index contributed by atoms with van der Waals surface area (Å²) in [6.45, 7) is 3.78. The Morgan fingerprint density at radius 2 is 1.96 bits per heavy atom. The van der Waals surface area contributed by atoms with Crippen molar-refractivity contribution >= 4 is 46.7 Å². The summed E-state index contributed by atoms with van der Waals surface area (Å²) in [6, 6.07) is 5.14. The van der Waals surface area contributed by atoms with Gasteiger partial charge in [-0.05, 0) is 43.2 Å². The quantitative estimate of drug-likeness (QED) is 0.629. The van der Waals surface area contributed by atoms with Crippen molar-refractivity contribution in [1.29, 1.82) is 0 Å². The van der Waals surface area contributed by atoms with Crippen molar-refractivity contribution in [2.24, 2.45) is 0 Å². The third kappa shape index (κ3) is 2.82. The maximum atomic E-state index is 11.1. The molecule has 0 fully saturated rings. The molecule has 0 bridgehead atoms. The molecule has 0 spiro atoms. The van der Waals surface area contributed by atoms with Gasteiger partial charge in [0.1, 0.15) is 0 Å². The number of nitrogens with zero attached hydrogens (tertiary/aromatic N) is 3. The molecule has 0 unspecified atom stereocenters. The fraction of sp³-hybridized carbons (Fsp3) is 0.188. The van der Waals surface area contributed by atoms with Crippen LogP contribution in [0.15, 0.2) is 18.2 Å². The molecule has 0 saturated heterocycles. The average molecular weight is 369 g/mol. The molecule has 0 aliphatic rings. The molecule has 0 atom stereocenters. The highest BCUT2D eigenvalue weighted by Gasteiger charge is 2.16. The van der Waals surface area contributed by atoms with Crippen LogP contribution in [0, 0.1) is 13.8 Å². The Kier molecular flexibility index (Phi) is 4.32. The second kappa shape index (κ2) is 6.11. The smallest absolute Gasteiger partial charge is 0.154 e. The van der Waals surface area contributed by atoms with Crippen molar-refractivity contribution in [2.75, 3.05) is 0 Å². The highest BCUT2D eigenvalue weighted by Crippen LogP contribution is 2.30. The van der Waals surface area contributed by atoms with Crippen LogP contribution >= 0.6 is 34.8 Å². The molecule has 0 N–H and O–H groups in total. The fourth-order valence-electron chi connectivity index (χ4n) is 2.40. The van der Waals surface area contributed by atoms with Crippen molar-refractivity contribution in [3.63, 3.8) is 0 Å². The van der Waals surface area contributed by atoms with Crippen molar-refractivity contribution in [3.8, 4) is 0 Å². The number of fused-ring (bicyclic) bond motifs is 1. The van der Waals surface area contributed by atoms with E-state index in [1.807, 2.05) is 19.9 Å². The molecular weight excluding hydrogens is 357 g/mol. The first-order chi connectivity index (χ1) is 10.9. The molecule has 23 heavy (non-hydrogen) atoms. The Morgan fingerprint density at radius 1 is 1.22 bits per heavy atom. The van der Waals surface area contributed by atoms with Crippen LogP contribution < -0.4 is 0 Å². The van der Waals surface area contributed by atoms with Crippen LogP contribution in [-0.4, -0.2) is 20.9 Å². The fourth-order valence-corrected chi connectivity index (χ4v) is 3.08. The monoisotopic (exact) mass is 367 g/mol. The first kappa shape index (κ1) is 16.2. The van der Waals surface area contributed by atoms with E-state index in [2.05, 4.69) is 10.1 Å². The predicted octanol–water partition coefficient (Wildman–Crippen LogP) is 4.71. The van der Waals surface area contributed by atoms with Gasteiger partial charge in [-0.3, -0.25) is 4.79 Å². The second-order valence-electron chi connectivity index (χ2n) is 5.26. The van der Waals surface area contributed by atoms with Gasteiger partial charge in [-0.25, -0.2) is 9.50 Å². The van der Waals surface area contributed by atoms with Crippen LogP contribution in [0.25, 0.3) is 5.65 Å². The van der Waals surface area contributed by atoms with E-state index in [-0.39, 0.29) is 0 Å². The normalized spacial score (nSPS) is 11.2. The first-order valence-corrected chi connectivity index (χ1v) is 7.99. The number of aromatic nitrogens is 3. The maximum absolute atomic E-state index is 11.1. The molecule has 0 saturated carbocycles. The molecule has 2 aromatic heterocycles. The number of rotatable bonds is 3. The van der Waals surface area contributed by atoms with Gasteiger partial charge in [0, 0.05) is 17.0 Å². The Hall–Kier alpha value is -1.62. The summed E-state index contributed by atoms with van der Waals surface area (Å²) in [5.74, 6) is 0. The molecule has 2 heterocycles. The number of carbonyl (C=O) groups excluding carboxylic acids is 1. The molecule has 0 amide bonds. The minimum Gasteiger partial charge on any atom is -0.298 e. The van der Waals surface area contributed by atoms with E-state index < -0.39 is 0 Å². The number of hydrogen-bond donors (Lipinski definition) is 0. The zero-order valence-electron chi connectivity index (χ0n) is 12.4. The number of hydrogen-bond acceptors (Lipinski definition) is 3. The molecule has 0 aliphatic carbocycles. The van der Waals surface area contributed by atoms with Gasteiger partial charge >= 0.3 is 0 Å². The van der Waals surface area contributed by atoms with Gasteiger partial charge in [-0.2, -0.15) is 5.10 Å². The van der Waals surface area contributed by atoms with Gasteiger partial charge in [0.25, 0.3) is 0 Å². The minimum atomic E-state index is 0.353. The van der Waals surface area contributed by atoms with Gasteiger partial charge < -0.3 is 0 Å². The summed E-state index contributed by atoms with van der Waals surface area (Å²) >= 11 is 18.6. The minimum absolute atomic E-state index is 0.353. The molecule has 7 heteroatoms. The van der Waals surface area contributed by atoms with Crippen LogP contribution in [0.2, 0.25) is 15.2 Å². The van der Waals surface area contributed by atoms with E-state index in [1.54, 1.807) is 16.6 Å². The molecule has 3 aromatic rings. The summed E-state index contributed by atoms with van der Waals surface area (Å²) in [4.78, 5) is 15.6. The summed E-state index contributed by atoms with van der Waals surface area (Å²) in [5.41, 5.74) is 4.28. The third-order valence-corrected chi connectivity index (χ3v) is 4.92. The van der Waals surface area contributed by atoms with Crippen LogP contribution in [0.4, 0.5) is 0 Å². The zero-order chi connectivity index (χ0) is 16.7. The average Bonchev–Trinajstić information content (AvgIpc) is 2.80. The molecule has 4 nitrogen and oxygen atoms in total.